The fraction of sp³-hybridized carbons (Fsp3) is 0.423. The molecule has 0 atom stereocenters. The molecule has 0 saturated heterocycles. The van der Waals surface area contributed by atoms with Crippen molar-refractivity contribution in [1.82, 2.24) is 0 Å². The highest BCUT2D eigenvalue weighted by atomic mass is 14.9. The molecule has 2 aromatic carbocycles. The van der Waals surface area contributed by atoms with E-state index in [4.69, 9.17) is 2.74 Å². The Balaban J connectivity index is 1.98. The second-order valence-corrected chi connectivity index (χ2v) is 8.47. The molecule has 1 fully saturated rings. The van der Waals surface area contributed by atoms with Crippen molar-refractivity contribution in [3.63, 3.8) is 0 Å². The maximum atomic E-state index is 8.60. The van der Waals surface area contributed by atoms with Gasteiger partial charge in [0.2, 0.25) is 5.69 Å². The smallest absolute Gasteiger partial charge is 0.200 e. The molecule has 1 aromatic heterocycles. The summed E-state index contributed by atoms with van der Waals surface area (Å²) in [5, 5.41) is 2.34. The molecular weight excluding hydrogens is 326 g/mol. The van der Waals surface area contributed by atoms with Crippen LogP contribution in [-0.2, 0) is 7.05 Å². The normalized spacial score (nSPS) is 16.6. The van der Waals surface area contributed by atoms with E-state index in [1.165, 1.54) is 47.8 Å². The molecule has 27 heavy (non-hydrogen) atoms. The first-order valence-electron chi connectivity index (χ1n) is 11.2. The summed E-state index contributed by atoms with van der Waals surface area (Å²) >= 11 is 0. The Labute approximate surface area is 166 Å². The Morgan fingerprint density at radius 2 is 1.81 bits per heavy atom. The van der Waals surface area contributed by atoms with E-state index in [-0.39, 0.29) is 0 Å². The topological polar surface area (TPSA) is 3.88 Å². The summed E-state index contributed by atoms with van der Waals surface area (Å²) < 4.78 is 19.1. The highest BCUT2D eigenvalue weighted by molar-refractivity contribution is 5.94. The van der Waals surface area contributed by atoms with Gasteiger partial charge in [-0.3, -0.25) is 0 Å². The number of aryl methyl sites for hydroxylation is 1. The molecule has 0 bridgehead atoms. The van der Waals surface area contributed by atoms with Gasteiger partial charge in [0.15, 0.2) is 6.17 Å². The molecule has 1 saturated carbocycles. The third-order valence-corrected chi connectivity index (χ3v) is 6.41. The van der Waals surface area contributed by atoms with E-state index in [1.54, 1.807) is 0 Å². The van der Waals surface area contributed by atoms with Gasteiger partial charge in [0.1, 0.15) is 8.42 Å². The summed E-state index contributed by atoms with van der Waals surface area (Å²) in [4.78, 5) is 0. The molecule has 1 aliphatic rings. The summed E-state index contributed by atoms with van der Waals surface area (Å²) in [6, 6.07) is 13.2. The van der Waals surface area contributed by atoms with Crippen LogP contribution < -0.4 is 4.57 Å². The summed E-state index contributed by atoms with van der Waals surface area (Å²) in [6.45, 7) is 8.15. The second kappa shape index (κ2) is 7.11. The molecule has 1 nitrogen and oxygen atoms in total. The summed E-state index contributed by atoms with van der Waals surface area (Å²) in [6.07, 6.45) is 5.74. The van der Waals surface area contributed by atoms with Crippen LogP contribution in [0.15, 0.2) is 42.6 Å². The van der Waals surface area contributed by atoms with Crippen LogP contribution >= 0.6 is 0 Å². The molecule has 1 heteroatoms. The lowest BCUT2D eigenvalue weighted by Crippen LogP contribution is -2.31. The first kappa shape index (κ1) is 15.9. The Bertz CT molecular complexity index is 1090. The molecule has 0 N–H and O–H groups in total. The van der Waals surface area contributed by atoms with Crippen LogP contribution in [0.1, 0.15) is 76.3 Å². The van der Waals surface area contributed by atoms with Crippen molar-refractivity contribution in [2.24, 2.45) is 7.05 Å². The largest absolute Gasteiger partial charge is 0.220 e. The third-order valence-electron chi connectivity index (χ3n) is 6.41. The summed E-state index contributed by atoms with van der Waals surface area (Å²) in [5.74, 6) is 0.0120. The molecule has 0 aliphatic heterocycles. The number of aromatic nitrogens is 1. The van der Waals surface area contributed by atoms with Crippen LogP contribution in [-0.4, -0.2) is 0 Å². The van der Waals surface area contributed by atoms with Crippen molar-refractivity contribution < 1.29 is 7.31 Å². The fourth-order valence-corrected chi connectivity index (χ4v) is 4.56. The number of nitrogens with zero attached hydrogens (tertiary/aromatic N) is 1. The monoisotopic (exact) mass is 360 g/mol. The Morgan fingerprint density at radius 3 is 2.52 bits per heavy atom. The molecule has 4 rings (SSSR count). The van der Waals surface area contributed by atoms with Gasteiger partial charge in [0.05, 0.1) is 10.9 Å². The minimum absolute atomic E-state index is 0.517. The van der Waals surface area contributed by atoms with Crippen LogP contribution in [0, 0.1) is 13.8 Å². The van der Waals surface area contributed by atoms with Gasteiger partial charge in [0, 0.05) is 7.44 Å². The van der Waals surface area contributed by atoms with Crippen LogP contribution in [0.3, 0.4) is 0 Å². The molecule has 0 spiro atoms. The predicted molar refractivity (Wildman–Crippen MR) is 115 cm³/mol. The van der Waals surface area contributed by atoms with Crippen molar-refractivity contribution in [2.45, 2.75) is 65.2 Å². The van der Waals surface area contributed by atoms with Gasteiger partial charge in [-0.1, -0.05) is 44.9 Å². The molecule has 0 unspecified atom stereocenters. The van der Waals surface area contributed by atoms with Gasteiger partial charge in [-0.2, -0.15) is 0 Å². The Morgan fingerprint density at radius 1 is 1.07 bits per heavy atom. The van der Waals surface area contributed by atoms with Gasteiger partial charge < -0.3 is 0 Å². The minimum atomic E-state index is -0.657. The lowest BCUT2D eigenvalue weighted by molar-refractivity contribution is -0.659. The van der Waals surface area contributed by atoms with Gasteiger partial charge in [-0.25, -0.2) is 4.57 Å². The highest BCUT2D eigenvalue weighted by Gasteiger charge is 2.22. The highest BCUT2D eigenvalue weighted by Crippen LogP contribution is 2.37. The number of rotatable bonds is 3. The van der Waals surface area contributed by atoms with Crippen LogP contribution in [0.2, 0.25) is 0 Å². The third kappa shape index (κ3) is 3.29. The molecule has 3 aromatic rings. The maximum Gasteiger partial charge on any atom is 0.220 e. The Hall–Kier alpha value is -2.15. The average molecular weight is 361 g/mol. The van der Waals surface area contributed by atoms with Crippen LogP contribution in [0.25, 0.3) is 22.0 Å². The second-order valence-electron chi connectivity index (χ2n) is 8.47. The van der Waals surface area contributed by atoms with Crippen molar-refractivity contribution in [3.8, 4) is 11.3 Å². The zero-order valence-electron chi connectivity index (χ0n) is 19.3. The quantitative estimate of drug-likeness (QED) is 0.456. The maximum absolute atomic E-state index is 8.60. The number of fused-ring (bicyclic) bond motifs is 1. The first-order chi connectivity index (χ1) is 13.7. The standard InChI is InChI=1S/C26H32N/c1-17(2)23-14-18(3)19(4)25(16-23)26-24-11-10-21(20-8-6-7-9-20)15-22(24)12-13-27(26)5/h10-17,20H,6-9H2,1-5H3/q+1/i13D,17D. The van der Waals surface area contributed by atoms with E-state index in [1.807, 2.05) is 31.5 Å². The SMILES string of the molecule is [2H]c1cc2cc(C3CCCC3)ccc2c(-c2cc(C([2H])(C)C)cc(C)c2C)[n+]1C. The van der Waals surface area contributed by atoms with E-state index < -0.39 is 5.89 Å². The summed E-state index contributed by atoms with van der Waals surface area (Å²) in [5.41, 5.74) is 7.07. The van der Waals surface area contributed by atoms with E-state index in [2.05, 4.69) is 44.2 Å². The molecule has 140 valence electrons. The average Bonchev–Trinajstić information content (AvgIpc) is 3.19. The van der Waals surface area contributed by atoms with Gasteiger partial charge in [-0.05, 0) is 78.3 Å². The lowest BCUT2D eigenvalue weighted by atomic mass is 9.89. The van der Waals surface area contributed by atoms with Gasteiger partial charge >= 0.3 is 0 Å². The van der Waals surface area contributed by atoms with Crippen molar-refractivity contribution in [1.29, 1.82) is 0 Å². The Kier molecular flexibility index (Phi) is 4.18. The molecule has 1 aliphatic carbocycles. The number of hydrogen-bond donors (Lipinski definition) is 0. The lowest BCUT2D eigenvalue weighted by Gasteiger charge is -2.15. The predicted octanol–water partition coefficient (Wildman–Crippen LogP) is 6.73. The van der Waals surface area contributed by atoms with Crippen LogP contribution in [0.4, 0.5) is 0 Å². The molecular formula is C26H32N+. The van der Waals surface area contributed by atoms with E-state index in [9.17, 15) is 0 Å². The van der Waals surface area contributed by atoms with E-state index in [0.29, 0.717) is 12.1 Å². The zero-order chi connectivity index (χ0) is 20.9. The zero-order valence-corrected chi connectivity index (χ0v) is 17.3. The van der Waals surface area contributed by atoms with Crippen LogP contribution in [0.5, 0.6) is 0 Å². The van der Waals surface area contributed by atoms with Crippen molar-refractivity contribution >= 4 is 10.8 Å². The van der Waals surface area contributed by atoms with E-state index in [0.717, 1.165) is 22.2 Å². The summed E-state index contributed by atoms with van der Waals surface area (Å²) in [7, 11) is 1.98. The minimum Gasteiger partial charge on any atom is -0.200 e. The molecule has 1 heterocycles. The van der Waals surface area contributed by atoms with E-state index >= 15 is 0 Å². The van der Waals surface area contributed by atoms with Crippen molar-refractivity contribution in [2.75, 3.05) is 0 Å². The molecule has 0 radical (unpaired) electrons. The fourth-order valence-electron chi connectivity index (χ4n) is 4.56. The number of benzene rings is 2. The van der Waals surface area contributed by atoms with Crippen molar-refractivity contribution in [3.05, 3.63) is 64.8 Å². The first-order valence-corrected chi connectivity index (χ1v) is 10.2. The molecule has 0 amide bonds. The van der Waals surface area contributed by atoms with Gasteiger partial charge in [0.25, 0.3) is 0 Å². The number of pyridine rings is 1. The van der Waals surface area contributed by atoms with Gasteiger partial charge in [-0.15, -0.1) is 0 Å². The number of hydrogen-bond acceptors (Lipinski definition) is 0.